The number of hydrogen-bond acceptors (Lipinski definition) is 0. The van der Waals surface area contributed by atoms with Crippen molar-refractivity contribution in [3.63, 3.8) is 0 Å². The second-order valence-corrected chi connectivity index (χ2v) is 4.15. The van der Waals surface area contributed by atoms with Crippen LogP contribution in [0.2, 0.25) is 0 Å². The maximum absolute atomic E-state index is 3.60. The molecular weight excluding hydrogens is 216 g/mol. The maximum Gasteiger partial charge on any atom is 0.0720 e. The SMILES string of the molecule is Cc1cc(Br)c(C)c([Si])c1C. The first-order valence-electron chi connectivity index (χ1n) is 3.52. The zero-order valence-electron chi connectivity index (χ0n) is 6.96. The van der Waals surface area contributed by atoms with E-state index < -0.39 is 0 Å². The van der Waals surface area contributed by atoms with Gasteiger partial charge in [-0.05, 0) is 43.5 Å². The smallest absolute Gasteiger partial charge is 0.0603 e. The van der Waals surface area contributed by atoms with Crippen molar-refractivity contribution >= 4 is 31.4 Å². The molecule has 0 spiro atoms. The van der Waals surface area contributed by atoms with Crippen LogP contribution in [0, 0.1) is 20.8 Å². The van der Waals surface area contributed by atoms with Crippen LogP contribution in [0.3, 0.4) is 0 Å². The molecule has 0 aliphatic carbocycles. The lowest BCUT2D eigenvalue weighted by Crippen LogP contribution is -2.13. The highest BCUT2D eigenvalue weighted by Gasteiger charge is 2.03. The van der Waals surface area contributed by atoms with E-state index in [0.29, 0.717) is 0 Å². The molecule has 0 saturated heterocycles. The maximum atomic E-state index is 3.60. The Morgan fingerprint density at radius 2 is 1.73 bits per heavy atom. The Morgan fingerprint density at radius 1 is 1.18 bits per heavy atom. The van der Waals surface area contributed by atoms with E-state index in [2.05, 4.69) is 53.0 Å². The molecular formula is C9H10BrSi. The van der Waals surface area contributed by atoms with E-state index in [1.807, 2.05) is 0 Å². The Morgan fingerprint density at radius 3 is 2.27 bits per heavy atom. The average Bonchev–Trinajstić information content (AvgIpc) is 1.97. The van der Waals surface area contributed by atoms with E-state index in [-0.39, 0.29) is 0 Å². The van der Waals surface area contributed by atoms with Crippen LogP contribution < -0.4 is 5.19 Å². The number of hydrogen-bond donors (Lipinski definition) is 0. The van der Waals surface area contributed by atoms with Gasteiger partial charge in [0.15, 0.2) is 0 Å². The molecule has 0 fully saturated rings. The molecule has 1 rings (SSSR count). The lowest BCUT2D eigenvalue weighted by Gasteiger charge is -2.09. The molecule has 0 atom stereocenters. The minimum atomic E-state index is 1.17. The van der Waals surface area contributed by atoms with Gasteiger partial charge in [-0.15, -0.1) is 0 Å². The average molecular weight is 226 g/mol. The van der Waals surface area contributed by atoms with Crippen molar-refractivity contribution in [2.24, 2.45) is 0 Å². The molecule has 0 amide bonds. The summed E-state index contributed by atoms with van der Waals surface area (Å²) in [6, 6.07) is 2.15. The van der Waals surface area contributed by atoms with E-state index in [1.165, 1.54) is 26.3 Å². The van der Waals surface area contributed by atoms with Crippen LogP contribution in [0.25, 0.3) is 0 Å². The van der Waals surface area contributed by atoms with Crippen LogP contribution in [0.5, 0.6) is 0 Å². The minimum absolute atomic E-state index is 1.17. The van der Waals surface area contributed by atoms with Gasteiger partial charge in [-0.3, -0.25) is 0 Å². The van der Waals surface area contributed by atoms with Crippen molar-refractivity contribution in [2.75, 3.05) is 0 Å². The van der Waals surface area contributed by atoms with Crippen molar-refractivity contribution in [3.05, 3.63) is 27.2 Å². The Bertz CT molecular complexity index is 266. The van der Waals surface area contributed by atoms with Gasteiger partial charge in [0, 0.05) is 4.47 Å². The van der Waals surface area contributed by atoms with Crippen LogP contribution in [0.15, 0.2) is 10.5 Å². The molecule has 0 N–H and O–H groups in total. The summed E-state index contributed by atoms with van der Waals surface area (Å²) in [5.41, 5.74) is 3.90. The highest BCUT2D eigenvalue weighted by Crippen LogP contribution is 2.17. The molecule has 1 aromatic carbocycles. The third-order valence-corrected chi connectivity index (χ3v) is 3.62. The van der Waals surface area contributed by atoms with Crippen LogP contribution in [0.1, 0.15) is 16.7 Å². The fourth-order valence-electron chi connectivity index (χ4n) is 1.00. The molecule has 0 aliphatic heterocycles. The molecule has 3 radical (unpaired) electrons. The molecule has 0 unspecified atom stereocenters. The van der Waals surface area contributed by atoms with Gasteiger partial charge < -0.3 is 0 Å². The topological polar surface area (TPSA) is 0 Å². The molecule has 0 nitrogen and oxygen atoms in total. The lowest BCUT2D eigenvalue weighted by atomic mass is 10.1. The first kappa shape index (κ1) is 9.01. The first-order valence-corrected chi connectivity index (χ1v) is 4.81. The molecule has 0 aliphatic rings. The van der Waals surface area contributed by atoms with Gasteiger partial charge in [0.25, 0.3) is 0 Å². The summed E-state index contributed by atoms with van der Waals surface area (Å²) in [7, 11) is 3.60. The van der Waals surface area contributed by atoms with Crippen molar-refractivity contribution in [1.29, 1.82) is 0 Å². The quantitative estimate of drug-likeness (QED) is 0.595. The fraction of sp³-hybridized carbons (Fsp3) is 0.333. The molecule has 0 heterocycles. The van der Waals surface area contributed by atoms with Gasteiger partial charge in [-0.2, -0.15) is 0 Å². The molecule has 1 aromatic rings. The molecule has 0 saturated carbocycles. The first-order chi connectivity index (χ1) is 5.04. The van der Waals surface area contributed by atoms with Crippen molar-refractivity contribution in [1.82, 2.24) is 0 Å². The monoisotopic (exact) mass is 225 g/mol. The van der Waals surface area contributed by atoms with E-state index >= 15 is 0 Å². The van der Waals surface area contributed by atoms with E-state index in [1.54, 1.807) is 0 Å². The van der Waals surface area contributed by atoms with E-state index in [4.69, 9.17) is 0 Å². The fourth-order valence-corrected chi connectivity index (χ4v) is 2.06. The van der Waals surface area contributed by atoms with Crippen molar-refractivity contribution in [2.45, 2.75) is 20.8 Å². The normalized spacial score (nSPS) is 10.3. The predicted octanol–water partition coefficient (Wildman–Crippen LogP) is 2.17. The van der Waals surface area contributed by atoms with Gasteiger partial charge in [0.2, 0.25) is 0 Å². The highest BCUT2D eigenvalue weighted by atomic mass is 79.9. The van der Waals surface area contributed by atoms with Crippen LogP contribution in [-0.4, -0.2) is 10.2 Å². The van der Waals surface area contributed by atoms with Crippen molar-refractivity contribution in [3.8, 4) is 0 Å². The lowest BCUT2D eigenvalue weighted by molar-refractivity contribution is 1.31. The highest BCUT2D eigenvalue weighted by molar-refractivity contribution is 9.10. The molecule has 0 aromatic heterocycles. The van der Waals surface area contributed by atoms with Gasteiger partial charge >= 0.3 is 0 Å². The van der Waals surface area contributed by atoms with Gasteiger partial charge in [-0.25, -0.2) is 0 Å². The second kappa shape index (κ2) is 3.11. The summed E-state index contributed by atoms with van der Waals surface area (Å²) in [6.07, 6.45) is 0. The molecule has 2 heteroatoms. The summed E-state index contributed by atoms with van der Waals surface area (Å²) in [5, 5.41) is 1.21. The summed E-state index contributed by atoms with van der Waals surface area (Å²) < 4.78 is 1.17. The third-order valence-electron chi connectivity index (χ3n) is 2.04. The Kier molecular flexibility index (Phi) is 2.55. The number of rotatable bonds is 0. The Hall–Kier alpha value is -0.0831. The summed E-state index contributed by atoms with van der Waals surface area (Å²) in [4.78, 5) is 0. The molecule has 11 heavy (non-hydrogen) atoms. The number of benzene rings is 1. The standard InChI is InChI=1S/C9H10BrSi/c1-5-4-8(10)7(3)9(11)6(5)2/h4H,1-3H3. The van der Waals surface area contributed by atoms with Gasteiger partial charge in [-0.1, -0.05) is 21.1 Å². The largest absolute Gasteiger partial charge is 0.0720 e. The number of halogens is 1. The van der Waals surface area contributed by atoms with Gasteiger partial charge in [0.05, 0.1) is 10.2 Å². The van der Waals surface area contributed by atoms with Crippen molar-refractivity contribution < 1.29 is 0 Å². The predicted molar refractivity (Wildman–Crippen MR) is 53.7 cm³/mol. The summed E-state index contributed by atoms with van der Waals surface area (Å²) >= 11 is 3.50. The number of aryl methyl sites for hydroxylation is 1. The molecule has 57 valence electrons. The minimum Gasteiger partial charge on any atom is -0.0603 e. The second-order valence-electron chi connectivity index (χ2n) is 2.80. The summed E-state index contributed by atoms with van der Waals surface area (Å²) in [6.45, 7) is 6.33. The summed E-state index contributed by atoms with van der Waals surface area (Å²) in [5.74, 6) is 0. The van der Waals surface area contributed by atoms with Crippen LogP contribution >= 0.6 is 15.9 Å². The Balaban J connectivity index is 3.46. The third kappa shape index (κ3) is 1.57. The zero-order valence-corrected chi connectivity index (χ0v) is 9.54. The van der Waals surface area contributed by atoms with E-state index in [0.717, 1.165) is 0 Å². The van der Waals surface area contributed by atoms with E-state index in [9.17, 15) is 0 Å². The van der Waals surface area contributed by atoms with Crippen LogP contribution in [0.4, 0.5) is 0 Å². The van der Waals surface area contributed by atoms with Crippen LogP contribution in [-0.2, 0) is 0 Å². The zero-order chi connectivity index (χ0) is 8.59. The Labute approximate surface area is 79.6 Å². The molecule has 0 bridgehead atoms. The van der Waals surface area contributed by atoms with Gasteiger partial charge in [0.1, 0.15) is 0 Å².